The second-order valence-corrected chi connectivity index (χ2v) is 19.8. The maximum absolute atomic E-state index is 5.35. The molecule has 64 heavy (non-hydrogen) atoms. The van der Waals surface area contributed by atoms with Crippen molar-refractivity contribution >= 4 is 23.3 Å². The molecule has 2 rings (SSSR count). The van der Waals surface area contributed by atoms with Crippen LogP contribution in [0.25, 0.3) is 0 Å². The molecule has 2 aromatic rings. The zero-order chi connectivity index (χ0) is 45.1. The van der Waals surface area contributed by atoms with Crippen molar-refractivity contribution in [2.45, 2.75) is 304 Å². The molecule has 0 aliphatic heterocycles. The molecule has 370 valence electrons. The van der Waals surface area contributed by atoms with Gasteiger partial charge in [-0.1, -0.05) is 252 Å². The van der Waals surface area contributed by atoms with Crippen molar-refractivity contribution in [3.63, 3.8) is 0 Å². The minimum absolute atomic E-state index is 0. The summed E-state index contributed by atoms with van der Waals surface area (Å²) in [6.07, 6.45) is 59.0. The largest absolute Gasteiger partial charge is 0.255 e. The van der Waals surface area contributed by atoms with E-state index in [0.717, 1.165) is 23.5 Å². The molecule has 0 atom stereocenters. The second kappa shape index (κ2) is 45.1. The normalized spacial score (nSPS) is 11.9. The molecule has 0 heterocycles. The van der Waals surface area contributed by atoms with Gasteiger partial charge in [0.05, 0.1) is 17.1 Å². The molecule has 0 bridgehead atoms. The minimum Gasteiger partial charge on any atom is -0.255 e. The monoisotopic (exact) mass is 925 g/mol. The van der Waals surface area contributed by atoms with Crippen molar-refractivity contribution < 1.29 is 16.5 Å². The molecule has 0 aliphatic carbocycles. The Balaban J connectivity index is 0.0000205. The van der Waals surface area contributed by atoms with Gasteiger partial charge in [-0.05, 0) is 111 Å². The van der Waals surface area contributed by atoms with E-state index in [4.69, 9.17) is 9.98 Å². The summed E-state index contributed by atoms with van der Waals surface area (Å²) < 4.78 is 0. The van der Waals surface area contributed by atoms with Gasteiger partial charge in [-0.15, -0.1) is 0 Å². The number of hydrogen-bond donors (Lipinski definition) is 0. The first-order valence-corrected chi connectivity index (χ1v) is 28.5. The van der Waals surface area contributed by atoms with Crippen molar-refractivity contribution in [3.8, 4) is 0 Å². The van der Waals surface area contributed by atoms with E-state index in [1.165, 1.54) is 280 Å². The van der Waals surface area contributed by atoms with Gasteiger partial charge in [0.1, 0.15) is 0 Å². The van der Waals surface area contributed by atoms with Crippen LogP contribution in [0.15, 0.2) is 46.4 Å². The molecule has 2 nitrogen and oxygen atoms in total. The van der Waals surface area contributed by atoms with E-state index in [1.807, 2.05) is 0 Å². The van der Waals surface area contributed by atoms with E-state index in [9.17, 15) is 0 Å². The summed E-state index contributed by atoms with van der Waals surface area (Å²) >= 11 is 0. The molecule has 0 amide bonds. The van der Waals surface area contributed by atoms with Crippen LogP contribution in [0.2, 0.25) is 0 Å². The van der Waals surface area contributed by atoms with Gasteiger partial charge < -0.3 is 0 Å². The van der Waals surface area contributed by atoms with Crippen LogP contribution in [0.1, 0.15) is 301 Å². The number of benzene rings is 2. The van der Waals surface area contributed by atoms with Gasteiger partial charge in [0.2, 0.25) is 0 Å². The predicted molar refractivity (Wildman–Crippen MR) is 287 cm³/mol. The van der Waals surface area contributed by atoms with Crippen LogP contribution in [-0.2, 0) is 42.2 Å². The minimum atomic E-state index is 0. The van der Waals surface area contributed by atoms with Gasteiger partial charge in [-0.3, -0.25) is 9.98 Å². The van der Waals surface area contributed by atoms with E-state index < -0.39 is 0 Å². The third-order valence-electron chi connectivity index (χ3n) is 13.8. The molecule has 0 spiro atoms. The standard InChI is InChI=1S/C61H106N2.Ni/c1-6-11-16-17-18-19-20-21-22-23-24-25-26-27-28-29-30-31-32-33-34-35-36-37-42-47-61(63-60-51-49-56(44-39-13-8-3)58(53-60)46-41-15-10-5)54-62-59-50-48-55(43-38-12-7-2)57(52-59)45-40-14-9-4;/h48-54H,6-47H2,1-5H3;/b62-54+,63-61+;. The summed E-state index contributed by atoms with van der Waals surface area (Å²) in [6, 6.07) is 14.1. The van der Waals surface area contributed by atoms with E-state index in [1.54, 1.807) is 5.56 Å². The van der Waals surface area contributed by atoms with Crippen LogP contribution < -0.4 is 0 Å². The number of unbranched alkanes of at least 4 members (excludes halogenated alkanes) is 32. The molecule has 0 radical (unpaired) electrons. The first-order valence-electron chi connectivity index (χ1n) is 28.5. The third kappa shape index (κ3) is 32.9. The summed E-state index contributed by atoms with van der Waals surface area (Å²) in [6.45, 7) is 11.5. The van der Waals surface area contributed by atoms with E-state index >= 15 is 0 Å². The first-order chi connectivity index (χ1) is 31.1. The van der Waals surface area contributed by atoms with Gasteiger partial charge in [0.25, 0.3) is 0 Å². The average Bonchev–Trinajstić information content (AvgIpc) is 3.29. The van der Waals surface area contributed by atoms with Gasteiger partial charge >= 0.3 is 0 Å². The molecule has 0 N–H and O–H groups in total. The van der Waals surface area contributed by atoms with Crippen molar-refractivity contribution in [1.29, 1.82) is 0 Å². The third-order valence-corrected chi connectivity index (χ3v) is 13.8. The SMILES string of the molecule is CCCCCCCCCCCCCCCCCCCCCCCCCCCC(/C=N/c1ccc(CCCCC)c(CCCCC)c1)=N\c1ccc(CCCCC)c(CCCCC)c1.[Ni]. The van der Waals surface area contributed by atoms with Crippen LogP contribution >= 0.6 is 0 Å². The van der Waals surface area contributed by atoms with E-state index in [0.29, 0.717) is 0 Å². The molecule has 0 aromatic heterocycles. The quantitative estimate of drug-likeness (QED) is 0.0359. The number of rotatable bonds is 45. The molecule has 0 aliphatic rings. The Morgan fingerprint density at radius 3 is 0.969 bits per heavy atom. The van der Waals surface area contributed by atoms with Crippen LogP contribution in [0, 0.1) is 0 Å². The van der Waals surface area contributed by atoms with Crippen LogP contribution in [0.4, 0.5) is 11.4 Å². The Hall–Kier alpha value is -1.73. The molecular formula is C61H106N2Ni. The van der Waals surface area contributed by atoms with Crippen molar-refractivity contribution in [2.75, 3.05) is 0 Å². The molecule has 0 saturated heterocycles. The Labute approximate surface area is 410 Å². The number of nitrogens with zero attached hydrogens (tertiary/aromatic N) is 2. The molecule has 0 saturated carbocycles. The Kier molecular flexibility index (Phi) is 42.5. The number of aliphatic imine (C=N–C) groups is 2. The maximum atomic E-state index is 5.35. The van der Waals surface area contributed by atoms with E-state index in [2.05, 4.69) is 77.2 Å². The Morgan fingerprint density at radius 2 is 0.609 bits per heavy atom. The summed E-state index contributed by atoms with van der Waals surface area (Å²) in [5, 5.41) is 0. The zero-order valence-corrected chi connectivity index (χ0v) is 44.4. The second-order valence-electron chi connectivity index (χ2n) is 19.8. The summed E-state index contributed by atoms with van der Waals surface area (Å²) in [7, 11) is 0. The fourth-order valence-electron chi connectivity index (χ4n) is 9.50. The maximum Gasteiger partial charge on any atom is 0.0636 e. The van der Waals surface area contributed by atoms with Crippen LogP contribution in [-0.4, -0.2) is 11.9 Å². The first kappa shape index (κ1) is 60.3. The topological polar surface area (TPSA) is 24.7 Å². The van der Waals surface area contributed by atoms with Crippen LogP contribution in [0.3, 0.4) is 0 Å². The average molecular weight is 926 g/mol. The Morgan fingerprint density at radius 1 is 0.328 bits per heavy atom. The van der Waals surface area contributed by atoms with Gasteiger partial charge in [0, 0.05) is 22.7 Å². The van der Waals surface area contributed by atoms with Crippen molar-refractivity contribution in [2.24, 2.45) is 9.98 Å². The van der Waals surface area contributed by atoms with Crippen molar-refractivity contribution in [1.82, 2.24) is 0 Å². The summed E-state index contributed by atoms with van der Waals surface area (Å²) in [5.41, 5.74) is 9.48. The van der Waals surface area contributed by atoms with Gasteiger partial charge in [0.15, 0.2) is 0 Å². The summed E-state index contributed by atoms with van der Waals surface area (Å²) in [4.78, 5) is 10.5. The fourth-order valence-corrected chi connectivity index (χ4v) is 9.50. The molecule has 3 heteroatoms. The molecular weight excluding hydrogens is 819 g/mol. The molecule has 0 unspecified atom stereocenters. The van der Waals surface area contributed by atoms with Gasteiger partial charge in [-0.25, -0.2) is 0 Å². The van der Waals surface area contributed by atoms with Crippen LogP contribution in [0.5, 0.6) is 0 Å². The summed E-state index contributed by atoms with van der Waals surface area (Å²) in [5.74, 6) is 0. The fraction of sp³-hybridized carbons (Fsp3) is 0.770. The van der Waals surface area contributed by atoms with Crippen molar-refractivity contribution in [3.05, 3.63) is 58.7 Å². The predicted octanol–water partition coefficient (Wildman–Crippen LogP) is 21.3. The van der Waals surface area contributed by atoms with Gasteiger partial charge in [-0.2, -0.15) is 0 Å². The number of aryl methyl sites for hydroxylation is 4. The zero-order valence-electron chi connectivity index (χ0n) is 43.5. The Bertz CT molecular complexity index is 1380. The molecule has 0 fully saturated rings. The van der Waals surface area contributed by atoms with E-state index in [-0.39, 0.29) is 16.5 Å². The smallest absolute Gasteiger partial charge is 0.0636 e. The molecule has 2 aromatic carbocycles. The number of hydrogen-bond acceptors (Lipinski definition) is 2.